The lowest BCUT2D eigenvalue weighted by Crippen LogP contribution is -2.49. The molecule has 4 rings (SSSR count). The maximum Gasteiger partial charge on any atom is 0.256 e. The van der Waals surface area contributed by atoms with Gasteiger partial charge in [0, 0.05) is 38.1 Å². The second-order valence-corrected chi connectivity index (χ2v) is 7.54. The van der Waals surface area contributed by atoms with Gasteiger partial charge >= 0.3 is 0 Å². The molecule has 2 aromatic carbocycles. The predicted octanol–water partition coefficient (Wildman–Crippen LogP) is 3.83. The summed E-state index contributed by atoms with van der Waals surface area (Å²) in [5.41, 5.74) is 2.61. The molecule has 5 nitrogen and oxygen atoms in total. The van der Waals surface area contributed by atoms with Gasteiger partial charge in [-0.05, 0) is 30.2 Å². The smallest absolute Gasteiger partial charge is 0.256 e. The van der Waals surface area contributed by atoms with Crippen molar-refractivity contribution in [3.8, 4) is 6.07 Å². The van der Waals surface area contributed by atoms with Crippen molar-refractivity contribution in [2.75, 3.05) is 32.7 Å². The number of nitrogens with one attached hydrogen (secondary N) is 1. The standard InChI is InChI=1S/C22H20ClFN4O/c23-21-19(14-25)17-2-1-3-18(20(17)26-21)22(29)28-12-10-27(11-13-28)9-8-15-4-6-16(24)7-5-15/h1-7,26H,8-13H2. The van der Waals surface area contributed by atoms with Crippen LogP contribution in [0.15, 0.2) is 42.5 Å². The molecule has 1 aliphatic heterocycles. The van der Waals surface area contributed by atoms with Crippen LogP contribution in [0.5, 0.6) is 0 Å². The van der Waals surface area contributed by atoms with E-state index in [9.17, 15) is 14.4 Å². The van der Waals surface area contributed by atoms with Crippen molar-refractivity contribution in [2.24, 2.45) is 0 Å². The van der Waals surface area contributed by atoms with Crippen LogP contribution in [0, 0.1) is 17.1 Å². The second-order valence-electron chi connectivity index (χ2n) is 7.16. The first kappa shape index (κ1) is 19.4. The van der Waals surface area contributed by atoms with E-state index < -0.39 is 0 Å². The van der Waals surface area contributed by atoms with E-state index in [-0.39, 0.29) is 16.9 Å². The third-order valence-electron chi connectivity index (χ3n) is 5.42. The molecule has 0 unspecified atom stereocenters. The Morgan fingerprint density at radius 2 is 1.86 bits per heavy atom. The number of hydrogen-bond donors (Lipinski definition) is 1. The third kappa shape index (κ3) is 3.98. The number of piperazine rings is 1. The summed E-state index contributed by atoms with van der Waals surface area (Å²) in [5.74, 6) is -0.280. The van der Waals surface area contributed by atoms with Gasteiger partial charge in [-0.25, -0.2) is 4.39 Å². The Morgan fingerprint density at radius 1 is 1.14 bits per heavy atom. The summed E-state index contributed by atoms with van der Waals surface area (Å²) in [4.78, 5) is 20.2. The number of para-hydroxylation sites is 1. The monoisotopic (exact) mass is 410 g/mol. The summed E-state index contributed by atoms with van der Waals surface area (Å²) >= 11 is 6.11. The lowest BCUT2D eigenvalue weighted by atomic mass is 10.1. The van der Waals surface area contributed by atoms with Gasteiger partial charge in [-0.15, -0.1) is 0 Å². The van der Waals surface area contributed by atoms with Crippen LogP contribution in [-0.4, -0.2) is 53.4 Å². The highest BCUT2D eigenvalue weighted by atomic mass is 35.5. The predicted molar refractivity (Wildman–Crippen MR) is 110 cm³/mol. The molecular weight excluding hydrogens is 391 g/mol. The SMILES string of the molecule is N#Cc1c(Cl)[nH]c2c(C(=O)N3CCN(CCc4ccc(F)cc4)CC3)cccc12. The molecule has 0 aliphatic carbocycles. The van der Waals surface area contributed by atoms with Gasteiger partial charge < -0.3 is 9.88 Å². The van der Waals surface area contributed by atoms with Crippen molar-refractivity contribution in [2.45, 2.75) is 6.42 Å². The molecule has 7 heteroatoms. The van der Waals surface area contributed by atoms with Gasteiger partial charge in [-0.1, -0.05) is 35.9 Å². The van der Waals surface area contributed by atoms with Crippen LogP contribution in [0.4, 0.5) is 4.39 Å². The molecule has 1 aromatic heterocycles. The summed E-state index contributed by atoms with van der Waals surface area (Å²) in [6, 6.07) is 14.0. The number of nitrogens with zero attached hydrogens (tertiary/aromatic N) is 3. The highest BCUT2D eigenvalue weighted by Gasteiger charge is 2.24. The van der Waals surface area contributed by atoms with E-state index in [1.807, 2.05) is 17.0 Å². The average Bonchev–Trinajstić information content (AvgIpc) is 3.08. The number of amides is 1. The zero-order valence-corrected chi connectivity index (χ0v) is 16.5. The fraction of sp³-hybridized carbons (Fsp3) is 0.273. The first-order valence-corrected chi connectivity index (χ1v) is 9.91. The number of halogens is 2. The molecule has 0 bridgehead atoms. The van der Waals surface area contributed by atoms with Crippen molar-refractivity contribution >= 4 is 28.4 Å². The Labute approximate surface area is 173 Å². The average molecular weight is 411 g/mol. The topological polar surface area (TPSA) is 63.1 Å². The van der Waals surface area contributed by atoms with Crippen molar-refractivity contribution in [3.63, 3.8) is 0 Å². The first-order valence-electron chi connectivity index (χ1n) is 9.53. The molecule has 0 atom stereocenters. The van der Waals surface area contributed by atoms with Gasteiger partial charge in [-0.3, -0.25) is 9.69 Å². The summed E-state index contributed by atoms with van der Waals surface area (Å²) in [6.07, 6.45) is 0.853. The number of hydrogen-bond acceptors (Lipinski definition) is 3. The summed E-state index contributed by atoms with van der Waals surface area (Å²) < 4.78 is 13.0. The van der Waals surface area contributed by atoms with Crippen LogP contribution in [-0.2, 0) is 6.42 Å². The molecule has 2 heterocycles. The lowest BCUT2D eigenvalue weighted by Gasteiger charge is -2.34. The minimum atomic E-state index is -0.221. The summed E-state index contributed by atoms with van der Waals surface area (Å²) in [5, 5.41) is 10.2. The minimum absolute atomic E-state index is 0.0591. The molecule has 1 saturated heterocycles. The number of carbonyl (C=O) groups is 1. The largest absolute Gasteiger partial charge is 0.344 e. The van der Waals surface area contributed by atoms with Gasteiger partial charge in [0.25, 0.3) is 5.91 Å². The van der Waals surface area contributed by atoms with E-state index in [2.05, 4.69) is 16.0 Å². The van der Waals surface area contributed by atoms with Gasteiger partial charge in [0.05, 0.1) is 16.6 Å². The Kier molecular flexibility index (Phi) is 5.52. The molecule has 0 spiro atoms. The Balaban J connectivity index is 1.40. The van der Waals surface area contributed by atoms with E-state index >= 15 is 0 Å². The Morgan fingerprint density at radius 3 is 2.55 bits per heavy atom. The number of rotatable bonds is 4. The first-order chi connectivity index (χ1) is 14.1. The number of aromatic amines is 1. The normalized spacial score (nSPS) is 14.9. The maximum absolute atomic E-state index is 13.1. The molecule has 29 heavy (non-hydrogen) atoms. The molecule has 148 valence electrons. The van der Waals surface area contributed by atoms with Crippen LogP contribution in [0.3, 0.4) is 0 Å². The molecular formula is C22H20ClFN4O. The quantitative estimate of drug-likeness (QED) is 0.711. The Hall–Kier alpha value is -2.88. The maximum atomic E-state index is 13.1. The molecule has 1 amide bonds. The van der Waals surface area contributed by atoms with Crippen LogP contribution in [0.2, 0.25) is 5.15 Å². The van der Waals surface area contributed by atoms with Gasteiger partial charge in [0.15, 0.2) is 0 Å². The van der Waals surface area contributed by atoms with Crippen LogP contribution in [0.1, 0.15) is 21.5 Å². The molecule has 1 aliphatic rings. The van der Waals surface area contributed by atoms with E-state index in [0.717, 1.165) is 31.6 Å². The molecule has 1 N–H and O–H groups in total. The Bertz CT molecular complexity index is 1080. The van der Waals surface area contributed by atoms with Gasteiger partial charge in [0.2, 0.25) is 0 Å². The number of benzene rings is 2. The summed E-state index contributed by atoms with van der Waals surface area (Å²) in [7, 11) is 0. The van der Waals surface area contributed by atoms with Gasteiger partial charge in [0.1, 0.15) is 17.0 Å². The molecule has 1 fully saturated rings. The molecule has 3 aromatic rings. The fourth-order valence-electron chi connectivity index (χ4n) is 3.76. The lowest BCUT2D eigenvalue weighted by molar-refractivity contribution is 0.0640. The van der Waals surface area contributed by atoms with E-state index in [1.54, 1.807) is 18.2 Å². The van der Waals surface area contributed by atoms with E-state index in [4.69, 9.17) is 11.6 Å². The number of carbonyl (C=O) groups excluding carboxylic acids is 1. The second kappa shape index (κ2) is 8.24. The number of nitriles is 1. The van der Waals surface area contributed by atoms with Crippen molar-refractivity contribution < 1.29 is 9.18 Å². The zero-order valence-electron chi connectivity index (χ0n) is 15.8. The van der Waals surface area contributed by atoms with Crippen LogP contribution in [0.25, 0.3) is 10.9 Å². The fourth-order valence-corrected chi connectivity index (χ4v) is 4.00. The van der Waals surface area contributed by atoms with Crippen molar-refractivity contribution in [3.05, 3.63) is 70.1 Å². The summed E-state index contributed by atoms with van der Waals surface area (Å²) in [6.45, 7) is 3.73. The van der Waals surface area contributed by atoms with Crippen LogP contribution < -0.4 is 0 Å². The number of aromatic nitrogens is 1. The molecule has 0 radical (unpaired) electrons. The third-order valence-corrected chi connectivity index (χ3v) is 5.70. The van der Waals surface area contributed by atoms with E-state index in [0.29, 0.717) is 35.1 Å². The minimum Gasteiger partial charge on any atom is -0.344 e. The zero-order chi connectivity index (χ0) is 20.4. The number of H-pyrrole nitrogens is 1. The van der Waals surface area contributed by atoms with Crippen molar-refractivity contribution in [1.82, 2.24) is 14.8 Å². The van der Waals surface area contributed by atoms with Gasteiger partial charge in [-0.2, -0.15) is 5.26 Å². The highest BCUT2D eigenvalue weighted by Crippen LogP contribution is 2.28. The van der Waals surface area contributed by atoms with Crippen LogP contribution >= 0.6 is 11.6 Å². The number of fused-ring (bicyclic) bond motifs is 1. The highest BCUT2D eigenvalue weighted by molar-refractivity contribution is 6.32. The molecule has 0 saturated carbocycles. The van der Waals surface area contributed by atoms with E-state index in [1.165, 1.54) is 12.1 Å². The van der Waals surface area contributed by atoms with Crippen molar-refractivity contribution in [1.29, 1.82) is 5.26 Å².